The van der Waals surface area contributed by atoms with E-state index in [4.69, 9.17) is 4.74 Å². The Kier molecular flexibility index (Phi) is 8.53. The molecule has 8 heteroatoms. The molecule has 1 unspecified atom stereocenters. The number of hydrogen-bond donors (Lipinski definition) is 2. The zero-order chi connectivity index (χ0) is 19.2. The number of carbonyl (C=O) groups is 1. The maximum absolute atomic E-state index is 13.5. The molecule has 1 aromatic heterocycles. The van der Waals surface area contributed by atoms with E-state index >= 15 is 0 Å². The highest BCUT2D eigenvalue weighted by atomic mass is 127. The molecule has 0 aliphatic carbocycles. The van der Waals surface area contributed by atoms with E-state index < -0.39 is 0 Å². The number of esters is 1. The molecule has 3 rings (SSSR count). The summed E-state index contributed by atoms with van der Waals surface area (Å²) in [6.07, 6.45) is 4.46. The van der Waals surface area contributed by atoms with Gasteiger partial charge in [0.1, 0.15) is 5.82 Å². The van der Waals surface area contributed by atoms with Crippen molar-refractivity contribution >= 4 is 46.8 Å². The lowest BCUT2D eigenvalue weighted by atomic mass is 9.98. The first-order valence-electron chi connectivity index (χ1n) is 9.50. The molecule has 2 N–H and O–H groups in total. The fourth-order valence-electron chi connectivity index (χ4n) is 3.62. The molecule has 1 aliphatic rings. The van der Waals surface area contributed by atoms with Gasteiger partial charge in [0.2, 0.25) is 0 Å². The van der Waals surface area contributed by atoms with Gasteiger partial charge in [-0.25, -0.2) is 4.39 Å². The van der Waals surface area contributed by atoms with Gasteiger partial charge >= 0.3 is 5.97 Å². The molecule has 2 heterocycles. The number of aromatic nitrogens is 1. The Hall–Kier alpha value is -1.84. The van der Waals surface area contributed by atoms with E-state index in [-0.39, 0.29) is 41.7 Å². The molecule has 0 spiro atoms. The van der Waals surface area contributed by atoms with Crippen molar-refractivity contribution < 1.29 is 13.9 Å². The van der Waals surface area contributed by atoms with Crippen LogP contribution in [-0.4, -0.2) is 55.1 Å². The van der Waals surface area contributed by atoms with Crippen LogP contribution >= 0.6 is 24.0 Å². The van der Waals surface area contributed by atoms with E-state index in [0.717, 1.165) is 48.2 Å². The van der Waals surface area contributed by atoms with Crippen LogP contribution in [0.2, 0.25) is 0 Å². The highest BCUT2D eigenvalue weighted by Crippen LogP contribution is 2.20. The quantitative estimate of drug-likeness (QED) is 0.285. The maximum Gasteiger partial charge on any atom is 0.310 e. The molecule has 0 radical (unpaired) electrons. The number of aromatic amines is 1. The number of halogens is 2. The molecular formula is C20H28FIN4O2. The SMILES string of the molecule is CCOC(=O)C1CCCN(C(=NC)NCCc2c[nH]c3ccc(F)cc23)C1.I. The number of carbonyl (C=O) groups excluding carboxylic acids is 1. The van der Waals surface area contributed by atoms with Gasteiger partial charge in [-0.1, -0.05) is 0 Å². The summed E-state index contributed by atoms with van der Waals surface area (Å²) in [5.41, 5.74) is 2.00. The molecule has 2 aromatic rings. The second kappa shape index (κ2) is 10.6. The number of fused-ring (bicyclic) bond motifs is 1. The number of aliphatic imine (C=N–C) groups is 1. The number of ether oxygens (including phenoxy) is 1. The van der Waals surface area contributed by atoms with Crippen LogP contribution in [0, 0.1) is 11.7 Å². The van der Waals surface area contributed by atoms with Crippen LogP contribution in [0.5, 0.6) is 0 Å². The Morgan fingerprint density at radius 3 is 3.04 bits per heavy atom. The number of likely N-dealkylation sites (tertiary alicyclic amines) is 1. The van der Waals surface area contributed by atoms with Crippen LogP contribution in [0.4, 0.5) is 4.39 Å². The van der Waals surface area contributed by atoms with Gasteiger partial charge in [-0.05, 0) is 49.9 Å². The summed E-state index contributed by atoms with van der Waals surface area (Å²) in [6, 6.07) is 4.77. The average molecular weight is 502 g/mol. The summed E-state index contributed by atoms with van der Waals surface area (Å²) < 4.78 is 18.7. The van der Waals surface area contributed by atoms with E-state index in [1.807, 2.05) is 13.1 Å². The van der Waals surface area contributed by atoms with Crippen LogP contribution in [0.3, 0.4) is 0 Å². The van der Waals surface area contributed by atoms with Crippen molar-refractivity contribution in [3.8, 4) is 0 Å². The van der Waals surface area contributed by atoms with E-state index in [0.29, 0.717) is 19.7 Å². The van der Waals surface area contributed by atoms with Crippen molar-refractivity contribution in [2.24, 2.45) is 10.9 Å². The number of nitrogens with zero attached hydrogens (tertiary/aromatic N) is 2. The Labute approximate surface area is 181 Å². The van der Waals surface area contributed by atoms with Crippen molar-refractivity contribution in [1.29, 1.82) is 0 Å². The lowest BCUT2D eigenvalue weighted by Gasteiger charge is -2.33. The third-order valence-electron chi connectivity index (χ3n) is 4.96. The van der Waals surface area contributed by atoms with Crippen LogP contribution in [0.15, 0.2) is 29.4 Å². The minimum Gasteiger partial charge on any atom is -0.466 e. The average Bonchev–Trinajstić information content (AvgIpc) is 3.07. The summed E-state index contributed by atoms with van der Waals surface area (Å²) in [5, 5.41) is 4.27. The number of piperidine rings is 1. The van der Waals surface area contributed by atoms with Gasteiger partial charge < -0.3 is 19.9 Å². The van der Waals surface area contributed by atoms with E-state index in [2.05, 4.69) is 20.2 Å². The molecule has 1 atom stereocenters. The van der Waals surface area contributed by atoms with Crippen LogP contribution in [-0.2, 0) is 16.0 Å². The van der Waals surface area contributed by atoms with Crippen molar-refractivity contribution in [2.75, 3.05) is 33.3 Å². The Bertz CT molecular complexity index is 824. The van der Waals surface area contributed by atoms with Gasteiger partial charge in [0.05, 0.1) is 12.5 Å². The number of nitrogens with one attached hydrogen (secondary N) is 2. The highest BCUT2D eigenvalue weighted by molar-refractivity contribution is 14.0. The van der Waals surface area contributed by atoms with E-state index in [1.165, 1.54) is 6.07 Å². The van der Waals surface area contributed by atoms with Gasteiger partial charge in [0, 0.05) is 43.8 Å². The largest absolute Gasteiger partial charge is 0.466 e. The highest BCUT2D eigenvalue weighted by Gasteiger charge is 2.28. The van der Waals surface area contributed by atoms with Crippen molar-refractivity contribution in [1.82, 2.24) is 15.2 Å². The molecule has 1 aliphatic heterocycles. The second-order valence-electron chi connectivity index (χ2n) is 6.77. The third kappa shape index (κ3) is 5.36. The smallest absolute Gasteiger partial charge is 0.310 e. The molecule has 0 bridgehead atoms. The molecule has 1 saturated heterocycles. The number of H-pyrrole nitrogens is 1. The van der Waals surface area contributed by atoms with Gasteiger partial charge in [0.15, 0.2) is 5.96 Å². The van der Waals surface area contributed by atoms with E-state index in [9.17, 15) is 9.18 Å². The summed E-state index contributed by atoms with van der Waals surface area (Å²) in [5.74, 6) is 0.327. The summed E-state index contributed by atoms with van der Waals surface area (Å²) in [7, 11) is 1.75. The Morgan fingerprint density at radius 1 is 1.46 bits per heavy atom. The Morgan fingerprint density at radius 2 is 2.29 bits per heavy atom. The van der Waals surface area contributed by atoms with E-state index in [1.54, 1.807) is 19.2 Å². The molecule has 154 valence electrons. The summed E-state index contributed by atoms with van der Waals surface area (Å²) in [4.78, 5) is 21.7. The van der Waals surface area contributed by atoms with Gasteiger partial charge in [-0.15, -0.1) is 24.0 Å². The minimum absolute atomic E-state index is 0. The summed E-state index contributed by atoms with van der Waals surface area (Å²) >= 11 is 0. The molecule has 0 amide bonds. The normalized spacial score (nSPS) is 17.3. The standard InChI is InChI=1S/C20H27FN4O2.HI/c1-3-27-19(26)15-5-4-10-25(13-15)20(22-2)23-9-8-14-12-24-18-7-6-16(21)11-17(14)18;/h6-7,11-12,15,24H,3-5,8-10,13H2,1-2H3,(H,22,23);1H. The monoisotopic (exact) mass is 502 g/mol. The first-order chi connectivity index (χ1) is 13.1. The predicted molar refractivity (Wildman–Crippen MR) is 120 cm³/mol. The van der Waals surface area contributed by atoms with Crippen molar-refractivity contribution in [3.05, 3.63) is 35.8 Å². The lowest BCUT2D eigenvalue weighted by Crippen LogP contribution is -2.48. The second-order valence-corrected chi connectivity index (χ2v) is 6.77. The van der Waals surface area contributed by atoms with Gasteiger partial charge in [-0.3, -0.25) is 9.79 Å². The molecule has 28 heavy (non-hydrogen) atoms. The van der Waals surface area contributed by atoms with Gasteiger partial charge in [0.25, 0.3) is 0 Å². The fraction of sp³-hybridized carbons (Fsp3) is 0.500. The number of guanidine groups is 1. The minimum atomic E-state index is -0.231. The number of rotatable bonds is 5. The molecule has 0 saturated carbocycles. The fourth-order valence-corrected chi connectivity index (χ4v) is 3.62. The maximum atomic E-state index is 13.5. The molecule has 1 fully saturated rings. The van der Waals surface area contributed by atoms with Crippen molar-refractivity contribution in [3.63, 3.8) is 0 Å². The molecular weight excluding hydrogens is 474 g/mol. The van der Waals surface area contributed by atoms with Crippen LogP contribution < -0.4 is 5.32 Å². The number of hydrogen-bond acceptors (Lipinski definition) is 3. The van der Waals surface area contributed by atoms with Crippen LogP contribution in [0.1, 0.15) is 25.3 Å². The first-order valence-corrected chi connectivity index (χ1v) is 9.50. The van der Waals surface area contributed by atoms with Gasteiger partial charge in [-0.2, -0.15) is 0 Å². The lowest BCUT2D eigenvalue weighted by molar-refractivity contribution is -0.149. The molecule has 6 nitrogen and oxygen atoms in total. The van der Waals surface area contributed by atoms with Crippen LogP contribution in [0.25, 0.3) is 10.9 Å². The molecule has 1 aromatic carbocycles. The summed E-state index contributed by atoms with van der Waals surface area (Å²) in [6.45, 7) is 4.41. The zero-order valence-electron chi connectivity index (χ0n) is 16.3. The third-order valence-corrected chi connectivity index (χ3v) is 4.96. The first kappa shape index (κ1) is 22.4. The Balaban J connectivity index is 0.00000280. The number of benzene rings is 1. The zero-order valence-corrected chi connectivity index (χ0v) is 18.7. The topological polar surface area (TPSA) is 69.7 Å². The van der Waals surface area contributed by atoms with Crippen molar-refractivity contribution in [2.45, 2.75) is 26.2 Å². The predicted octanol–water partition coefficient (Wildman–Crippen LogP) is 3.32.